The van der Waals surface area contributed by atoms with Crippen molar-refractivity contribution in [2.24, 2.45) is 5.41 Å². The number of aromatic nitrogens is 3. The molecule has 0 bridgehead atoms. The Kier molecular flexibility index (Phi) is 2.40. The van der Waals surface area contributed by atoms with Crippen molar-refractivity contribution in [3.8, 4) is 0 Å². The fraction of sp³-hybridized carbons (Fsp3) is 0.538. The Labute approximate surface area is 106 Å². The van der Waals surface area contributed by atoms with Gasteiger partial charge in [0.1, 0.15) is 11.3 Å². The molecule has 2 aromatic heterocycles. The molecule has 0 amide bonds. The van der Waals surface area contributed by atoms with Gasteiger partial charge in [0.2, 0.25) is 0 Å². The molecule has 0 spiro atoms. The average molecular weight is 250 g/mol. The zero-order chi connectivity index (χ0) is 12.0. The van der Waals surface area contributed by atoms with Gasteiger partial charge in [-0.05, 0) is 24.0 Å². The van der Waals surface area contributed by atoms with Crippen molar-refractivity contribution < 1.29 is 0 Å². The van der Waals surface area contributed by atoms with E-state index in [2.05, 4.69) is 28.4 Å². The quantitative estimate of drug-likeness (QED) is 0.783. The lowest BCUT2D eigenvalue weighted by Crippen LogP contribution is -2.06. The molecule has 4 heteroatoms. The molecule has 1 atom stereocenters. The molecule has 90 valence electrons. The van der Waals surface area contributed by atoms with Crippen LogP contribution in [0.25, 0.3) is 11.2 Å². The Morgan fingerprint density at radius 2 is 2.29 bits per heavy atom. The van der Waals surface area contributed by atoms with E-state index in [1.165, 1.54) is 6.42 Å². The van der Waals surface area contributed by atoms with E-state index in [1.54, 1.807) is 0 Å². The Hall–Kier alpha value is -1.09. The van der Waals surface area contributed by atoms with E-state index in [4.69, 9.17) is 11.6 Å². The van der Waals surface area contributed by atoms with Gasteiger partial charge in [0.15, 0.2) is 5.65 Å². The molecular weight excluding hydrogens is 234 g/mol. The highest BCUT2D eigenvalue weighted by molar-refractivity contribution is 6.17. The standard InChI is InChI=1S/C13H16ClN3/c1-13(2)8-10(13)17-11(5-6-14)16-9-4-3-7-15-12(9)17/h3-4,7,10H,5-6,8H2,1-2H3. The van der Waals surface area contributed by atoms with Crippen molar-refractivity contribution in [2.75, 3.05) is 5.88 Å². The second-order valence-electron chi connectivity index (χ2n) is 5.39. The molecule has 0 aromatic carbocycles. The van der Waals surface area contributed by atoms with E-state index in [0.29, 0.717) is 17.3 Å². The van der Waals surface area contributed by atoms with Crippen LogP contribution < -0.4 is 0 Å². The number of hydrogen-bond donors (Lipinski definition) is 0. The fourth-order valence-corrected chi connectivity index (χ4v) is 2.61. The van der Waals surface area contributed by atoms with Gasteiger partial charge in [-0.15, -0.1) is 11.6 Å². The summed E-state index contributed by atoms with van der Waals surface area (Å²) in [5.41, 5.74) is 2.35. The largest absolute Gasteiger partial charge is 0.309 e. The summed E-state index contributed by atoms with van der Waals surface area (Å²) in [6, 6.07) is 4.48. The molecule has 0 aliphatic heterocycles. The Balaban J connectivity index is 2.15. The minimum Gasteiger partial charge on any atom is -0.309 e. The summed E-state index contributed by atoms with van der Waals surface area (Å²) in [6.45, 7) is 4.58. The smallest absolute Gasteiger partial charge is 0.160 e. The second-order valence-corrected chi connectivity index (χ2v) is 5.77. The number of nitrogens with zero attached hydrogens (tertiary/aromatic N) is 3. The molecule has 1 fully saturated rings. The van der Waals surface area contributed by atoms with Crippen molar-refractivity contribution in [3.63, 3.8) is 0 Å². The minimum atomic E-state index is 0.367. The topological polar surface area (TPSA) is 30.7 Å². The van der Waals surface area contributed by atoms with Crippen molar-refractivity contribution in [3.05, 3.63) is 24.2 Å². The molecule has 3 rings (SSSR count). The van der Waals surface area contributed by atoms with Gasteiger partial charge >= 0.3 is 0 Å². The van der Waals surface area contributed by atoms with Gasteiger partial charge in [0, 0.05) is 24.5 Å². The van der Waals surface area contributed by atoms with E-state index in [-0.39, 0.29) is 0 Å². The van der Waals surface area contributed by atoms with Crippen molar-refractivity contribution in [1.82, 2.24) is 14.5 Å². The summed E-state index contributed by atoms with van der Waals surface area (Å²) in [5, 5.41) is 0. The molecule has 1 aliphatic carbocycles. The van der Waals surface area contributed by atoms with Gasteiger partial charge in [-0.3, -0.25) is 0 Å². The third-order valence-electron chi connectivity index (χ3n) is 3.61. The molecule has 2 heterocycles. The molecule has 1 aliphatic rings. The maximum atomic E-state index is 5.86. The Morgan fingerprint density at radius 3 is 2.94 bits per heavy atom. The monoisotopic (exact) mass is 249 g/mol. The van der Waals surface area contributed by atoms with Crippen molar-refractivity contribution in [1.29, 1.82) is 0 Å². The molecule has 0 saturated heterocycles. The Morgan fingerprint density at radius 1 is 1.53 bits per heavy atom. The molecule has 0 N–H and O–H groups in total. The van der Waals surface area contributed by atoms with Gasteiger partial charge in [-0.25, -0.2) is 9.97 Å². The van der Waals surface area contributed by atoms with Crippen LogP contribution in [0.4, 0.5) is 0 Å². The van der Waals surface area contributed by atoms with Gasteiger partial charge in [-0.1, -0.05) is 13.8 Å². The van der Waals surface area contributed by atoms with Gasteiger partial charge in [0.25, 0.3) is 0 Å². The highest BCUT2D eigenvalue weighted by atomic mass is 35.5. The number of imidazole rings is 1. The first-order chi connectivity index (χ1) is 8.13. The number of halogens is 1. The van der Waals surface area contributed by atoms with Crippen LogP contribution in [0, 0.1) is 5.41 Å². The van der Waals surface area contributed by atoms with Crippen LogP contribution in [0.5, 0.6) is 0 Å². The van der Waals surface area contributed by atoms with Crippen LogP contribution in [-0.2, 0) is 6.42 Å². The highest BCUT2D eigenvalue weighted by Crippen LogP contribution is 2.56. The van der Waals surface area contributed by atoms with Gasteiger partial charge < -0.3 is 4.57 Å². The summed E-state index contributed by atoms with van der Waals surface area (Å²) in [4.78, 5) is 9.11. The number of alkyl halides is 1. The normalized spacial score (nSPS) is 21.9. The minimum absolute atomic E-state index is 0.367. The first kappa shape index (κ1) is 11.0. The SMILES string of the molecule is CC1(C)CC1n1c(CCCl)nc2cccnc21. The van der Waals surface area contributed by atoms with Crippen LogP contribution in [0.1, 0.15) is 32.1 Å². The Bertz CT molecular complexity index is 559. The first-order valence-electron chi connectivity index (χ1n) is 6.01. The lowest BCUT2D eigenvalue weighted by atomic mass is 10.2. The summed E-state index contributed by atoms with van der Waals surface area (Å²) < 4.78 is 2.29. The number of rotatable bonds is 3. The molecule has 2 aromatic rings. The zero-order valence-corrected chi connectivity index (χ0v) is 10.9. The number of aryl methyl sites for hydroxylation is 1. The number of fused-ring (bicyclic) bond motifs is 1. The summed E-state index contributed by atoms with van der Waals surface area (Å²) in [7, 11) is 0. The predicted octanol–water partition coefficient (Wildman–Crippen LogP) is 3.18. The van der Waals surface area contributed by atoms with E-state index in [0.717, 1.165) is 23.4 Å². The lowest BCUT2D eigenvalue weighted by Gasteiger charge is -2.09. The molecule has 17 heavy (non-hydrogen) atoms. The van der Waals surface area contributed by atoms with E-state index >= 15 is 0 Å². The van der Waals surface area contributed by atoms with Gasteiger partial charge in [-0.2, -0.15) is 0 Å². The van der Waals surface area contributed by atoms with Gasteiger partial charge in [0.05, 0.1) is 0 Å². The lowest BCUT2D eigenvalue weighted by molar-refractivity contribution is 0.535. The fourth-order valence-electron chi connectivity index (χ4n) is 2.45. The second kappa shape index (κ2) is 3.70. The maximum Gasteiger partial charge on any atom is 0.160 e. The van der Waals surface area contributed by atoms with Crippen LogP contribution in [0.15, 0.2) is 18.3 Å². The summed E-state index contributed by atoms with van der Waals surface area (Å²) in [5.74, 6) is 1.68. The third kappa shape index (κ3) is 1.73. The molecule has 3 nitrogen and oxygen atoms in total. The number of hydrogen-bond acceptors (Lipinski definition) is 2. The van der Waals surface area contributed by atoms with Crippen LogP contribution in [-0.4, -0.2) is 20.4 Å². The first-order valence-corrected chi connectivity index (χ1v) is 6.55. The summed E-state index contributed by atoms with van der Waals surface area (Å²) >= 11 is 5.86. The van der Waals surface area contributed by atoms with Crippen molar-refractivity contribution in [2.45, 2.75) is 32.7 Å². The molecular formula is C13H16ClN3. The molecule has 0 radical (unpaired) electrons. The van der Waals surface area contributed by atoms with E-state index < -0.39 is 0 Å². The molecule has 1 unspecified atom stereocenters. The zero-order valence-electron chi connectivity index (χ0n) is 10.2. The van der Waals surface area contributed by atoms with E-state index in [9.17, 15) is 0 Å². The maximum absolute atomic E-state index is 5.86. The van der Waals surface area contributed by atoms with Crippen LogP contribution in [0.2, 0.25) is 0 Å². The van der Waals surface area contributed by atoms with E-state index in [1.807, 2.05) is 18.3 Å². The number of pyridine rings is 1. The summed E-state index contributed by atoms with van der Waals surface area (Å²) in [6.07, 6.45) is 3.84. The third-order valence-corrected chi connectivity index (χ3v) is 3.80. The highest BCUT2D eigenvalue weighted by Gasteiger charge is 2.48. The van der Waals surface area contributed by atoms with Crippen LogP contribution in [0.3, 0.4) is 0 Å². The predicted molar refractivity (Wildman–Crippen MR) is 69.4 cm³/mol. The molecule has 1 saturated carbocycles. The average Bonchev–Trinajstić information content (AvgIpc) is 2.77. The van der Waals surface area contributed by atoms with Crippen LogP contribution >= 0.6 is 11.6 Å². The van der Waals surface area contributed by atoms with Crippen molar-refractivity contribution >= 4 is 22.8 Å².